The van der Waals surface area contributed by atoms with Gasteiger partial charge in [-0.1, -0.05) is 20.3 Å². The summed E-state index contributed by atoms with van der Waals surface area (Å²) >= 11 is 1.70. The fraction of sp³-hybridized carbons (Fsp3) is 0.667. The van der Waals surface area contributed by atoms with E-state index in [1.54, 1.807) is 11.3 Å². The highest BCUT2D eigenvalue weighted by Gasteiger charge is 2.05. The Kier molecular flexibility index (Phi) is 3.53. The van der Waals surface area contributed by atoms with Gasteiger partial charge < -0.3 is 4.90 Å². The first-order valence-corrected chi connectivity index (χ1v) is 5.21. The molecule has 0 N–H and O–H groups in total. The highest BCUT2D eigenvalue weighted by molar-refractivity contribution is 7.13. The Morgan fingerprint density at radius 1 is 1.67 bits per heavy atom. The van der Waals surface area contributed by atoms with Crippen molar-refractivity contribution in [3.63, 3.8) is 0 Å². The average Bonchev–Trinajstić information content (AvgIpc) is 2.56. The van der Waals surface area contributed by atoms with Crippen LogP contribution >= 0.6 is 11.3 Å². The lowest BCUT2D eigenvalue weighted by Gasteiger charge is -2.20. The zero-order chi connectivity index (χ0) is 8.97. The quantitative estimate of drug-likeness (QED) is 0.715. The minimum absolute atomic E-state index is 0.761. The van der Waals surface area contributed by atoms with Gasteiger partial charge in [0.05, 0.1) is 11.7 Å². The first-order valence-electron chi connectivity index (χ1n) is 4.33. The topological polar surface area (TPSA) is 16.1 Å². The largest absolute Gasteiger partial charge is 0.365 e. The maximum atomic E-state index is 4.05. The molecule has 0 amide bonds. The predicted molar refractivity (Wildman–Crippen MR) is 54.8 cm³/mol. The van der Waals surface area contributed by atoms with Gasteiger partial charge in [-0.05, 0) is 5.92 Å². The Morgan fingerprint density at radius 3 is 2.92 bits per heavy atom. The lowest BCUT2D eigenvalue weighted by molar-refractivity contribution is 0.561. The smallest absolute Gasteiger partial charge is 0.111 e. The third-order valence-electron chi connectivity index (χ3n) is 2.08. The Hall–Kier alpha value is -0.570. The minimum atomic E-state index is 0.761. The lowest BCUT2D eigenvalue weighted by atomic mass is 10.1. The first-order chi connectivity index (χ1) is 5.74. The summed E-state index contributed by atoms with van der Waals surface area (Å²) in [5.74, 6) is 0.761. The second kappa shape index (κ2) is 4.45. The lowest BCUT2D eigenvalue weighted by Crippen LogP contribution is -2.22. The van der Waals surface area contributed by atoms with Crippen LogP contribution in [0.2, 0.25) is 0 Å². The van der Waals surface area contributed by atoms with Crippen molar-refractivity contribution in [1.82, 2.24) is 4.98 Å². The Balaban J connectivity index is 2.44. The molecule has 0 fully saturated rings. The summed E-state index contributed by atoms with van der Waals surface area (Å²) in [4.78, 5) is 6.32. The monoisotopic (exact) mass is 184 g/mol. The van der Waals surface area contributed by atoms with Crippen molar-refractivity contribution in [1.29, 1.82) is 0 Å². The number of nitrogens with zero attached hydrogens (tertiary/aromatic N) is 2. The Morgan fingerprint density at radius 2 is 2.42 bits per heavy atom. The SMILES string of the molecule is CCC(C)CN(C)c1cncs1. The van der Waals surface area contributed by atoms with Crippen LogP contribution < -0.4 is 4.90 Å². The summed E-state index contributed by atoms with van der Waals surface area (Å²) in [5, 5.41) is 1.26. The molecule has 1 aromatic rings. The summed E-state index contributed by atoms with van der Waals surface area (Å²) in [5.41, 5.74) is 1.88. The van der Waals surface area contributed by atoms with Gasteiger partial charge in [0.2, 0.25) is 0 Å². The van der Waals surface area contributed by atoms with Crippen LogP contribution in [0.3, 0.4) is 0 Å². The van der Waals surface area contributed by atoms with Crippen LogP contribution in [0.1, 0.15) is 20.3 Å². The molecule has 0 aliphatic rings. The van der Waals surface area contributed by atoms with Crippen LogP contribution in [0.5, 0.6) is 0 Å². The molecule has 2 nitrogen and oxygen atoms in total. The molecule has 1 heterocycles. The molecule has 0 aromatic carbocycles. The van der Waals surface area contributed by atoms with Crippen molar-refractivity contribution in [2.75, 3.05) is 18.5 Å². The maximum Gasteiger partial charge on any atom is 0.111 e. The number of hydrogen-bond donors (Lipinski definition) is 0. The molecule has 0 saturated heterocycles. The van der Waals surface area contributed by atoms with E-state index in [-0.39, 0.29) is 0 Å². The number of rotatable bonds is 4. The van der Waals surface area contributed by atoms with E-state index in [4.69, 9.17) is 0 Å². The van der Waals surface area contributed by atoms with Gasteiger partial charge >= 0.3 is 0 Å². The fourth-order valence-electron chi connectivity index (χ4n) is 1.08. The van der Waals surface area contributed by atoms with Crippen molar-refractivity contribution in [2.24, 2.45) is 5.92 Å². The average molecular weight is 184 g/mol. The Bertz CT molecular complexity index is 208. The molecule has 0 spiro atoms. The molecular weight excluding hydrogens is 168 g/mol. The minimum Gasteiger partial charge on any atom is -0.365 e. The maximum absolute atomic E-state index is 4.05. The molecule has 0 aliphatic carbocycles. The van der Waals surface area contributed by atoms with Gasteiger partial charge in [-0.2, -0.15) is 0 Å². The number of thiazole rings is 1. The van der Waals surface area contributed by atoms with Crippen LogP contribution in [0.4, 0.5) is 5.00 Å². The molecule has 3 heteroatoms. The molecule has 0 bridgehead atoms. The zero-order valence-electron chi connectivity index (χ0n) is 7.95. The van der Waals surface area contributed by atoms with E-state index in [0.29, 0.717) is 0 Å². The molecule has 1 unspecified atom stereocenters. The van der Waals surface area contributed by atoms with E-state index in [2.05, 4.69) is 30.8 Å². The zero-order valence-corrected chi connectivity index (χ0v) is 8.77. The molecule has 0 aliphatic heterocycles. The molecule has 12 heavy (non-hydrogen) atoms. The highest BCUT2D eigenvalue weighted by atomic mass is 32.1. The molecular formula is C9H16N2S. The highest BCUT2D eigenvalue weighted by Crippen LogP contribution is 2.18. The van der Waals surface area contributed by atoms with Crippen molar-refractivity contribution in [3.05, 3.63) is 11.7 Å². The normalized spacial score (nSPS) is 12.9. The second-order valence-electron chi connectivity index (χ2n) is 3.23. The molecule has 1 atom stereocenters. The molecule has 0 saturated carbocycles. The van der Waals surface area contributed by atoms with Crippen LogP contribution in [0, 0.1) is 5.92 Å². The number of aromatic nitrogens is 1. The van der Waals surface area contributed by atoms with Gasteiger partial charge in [0.25, 0.3) is 0 Å². The molecule has 1 rings (SSSR count). The van der Waals surface area contributed by atoms with E-state index in [1.807, 2.05) is 11.7 Å². The van der Waals surface area contributed by atoms with Gasteiger partial charge in [-0.15, -0.1) is 11.3 Å². The third-order valence-corrected chi connectivity index (χ3v) is 2.96. The summed E-state index contributed by atoms with van der Waals surface area (Å²) in [6, 6.07) is 0. The van der Waals surface area contributed by atoms with Crippen molar-refractivity contribution in [2.45, 2.75) is 20.3 Å². The van der Waals surface area contributed by atoms with Gasteiger partial charge in [0.1, 0.15) is 5.00 Å². The predicted octanol–water partition coefficient (Wildman–Crippen LogP) is 2.63. The van der Waals surface area contributed by atoms with E-state index in [0.717, 1.165) is 12.5 Å². The van der Waals surface area contributed by atoms with E-state index in [9.17, 15) is 0 Å². The standard InChI is InChI=1S/C9H16N2S/c1-4-8(2)6-11(3)9-5-10-7-12-9/h5,7-8H,4,6H2,1-3H3. The van der Waals surface area contributed by atoms with Crippen LogP contribution in [-0.4, -0.2) is 18.6 Å². The molecule has 0 radical (unpaired) electrons. The van der Waals surface area contributed by atoms with Gasteiger partial charge in [-0.25, -0.2) is 0 Å². The van der Waals surface area contributed by atoms with Crippen molar-refractivity contribution >= 4 is 16.3 Å². The Labute approximate surface area is 78.2 Å². The van der Waals surface area contributed by atoms with Crippen LogP contribution in [0.25, 0.3) is 0 Å². The van der Waals surface area contributed by atoms with E-state index >= 15 is 0 Å². The van der Waals surface area contributed by atoms with Gasteiger partial charge in [-0.3, -0.25) is 4.98 Å². The second-order valence-corrected chi connectivity index (χ2v) is 4.10. The van der Waals surface area contributed by atoms with Crippen molar-refractivity contribution in [3.8, 4) is 0 Å². The van der Waals surface area contributed by atoms with Gasteiger partial charge in [0.15, 0.2) is 0 Å². The number of anilines is 1. The molecule has 68 valence electrons. The van der Waals surface area contributed by atoms with E-state index in [1.165, 1.54) is 11.4 Å². The van der Waals surface area contributed by atoms with Crippen LogP contribution in [0.15, 0.2) is 11.7 Å². The summed E-state index contributed by atoms with van der Waals surface area (Å²) in [6.45, 7) is 5.63. The summed E-state index contributed by atoms with van der Waals surface area (Å²) < 4.78 is 0. The first kappa shape index (κ1) is 9.52. The fourth-order valence-corrected chi connectivity index (χ4v) is 1.69. The van der Waals surface area contributed by atoms with Gasteiger partial charge in [0, 0.05) is 13.6 Å². The summed E-state index contributed by atoms with van der Waals surface area (Å²) in [6.07, 6.45) is 3.16. The molecule has 1 aromatic heterocycles. The van der Waals surface area contributed by atoms with Crippen LogP contribution in [-0.2, 0) is 0 Å². The summed E-state index contributed by atoms with van der Waals surface area (Å²) in [7, 11) is 2.12. The van der Waals surface area contributed by atoms with E-state index < -0.39 is 0 Å². The van der Waals surface area contributed by atoms with Crippen molar-refractivity contribution < 1.29 is 0 Å². The number of hydrogen-bond acceptors (Lipinski definition) is 3. The third kappa shape index (κ3) is 2.48.